The summed E-state index contributed by atoms with van der Waals surface area (Å²) in [5, 5.41) is 3.34. The summed E-state index contributed by atoms with van der Waals surface area (Å²) < 4.78 is 90.7. The maximum atomic E-state index is 14.3. The Balaban J connectivity index is 1.54. The molecular weight excluding hydrogens is 608 g/mol. The average Bonchev–Trinajstić information content (AvgIpc) is 2.95. The number of nitrogens with zero attached hydrogens (tertiary/aromatic N) is 2. The largest absolute Gasteiger partial charge is 0.418 e. The van der Waals surface area contributed by atoms with E-state index in [9.17, 15) is 35.9 Å². The molecule has 2 heterocycles. The van der Waals surface area contributed by atoms with Gasteiger partial charge in [-0.25, -0.2) is 0 Å². The van der Waals surface area contributed by atoms with Crippen LogP contribution >= 0.6 is 11.8 Å². The van der Waals surface area contributed by atoms with E-state index >= 15 is 0 Å². The first-order valence-corrected chi connectivity index (χ1v) is 15.2. The van der Waals surface area contributed by atoms with Crippen molar-refractivity contribution in [1.29, 1.82) is 0 Å². The summed E-state index contributed by atoms with van der Waals surface area (Å²) in [4.78, 5) is 27.7. The zero-order valence-electron chi connectivity index (χ0n) is 24.4. The molecule has 2 aromatic carbocycles. The van der Waals surface area contributed by atoms with Crippen LogP contribution in [0.25, 0.3) is 6.08 Å². The number of hydrogen-bond donors (Lipinski definition) is 1. The molecule has 0 bridgehead atoms. The molecule has 2 fully saturated rings. The van der Waals surface area contributed by atoms with Crippen LogP contribution in [0.3, 0.4) is 0 Å². The van der Waals surface area contributed by atoms with Crippen molar-refractivity contribution >= 4 is 35.3 Å². The predicted octanol–water partition coefficient (Wildman–Crippen LogP) is 7.20. The SMILES string of the molecule is CC(C)CC(=O)N1CCC(Nc2cccc(Sc3ccc(C=CC(=O)N4CCOCC4)c(C(F)(F)F)c3C(F)(F)F)c2)CC1. The van der Waals surface area contributed by atoms with Crippen LogP contribution in [0.1, 0.15) is 49.8 Å². The van der Waals surface area contributed by atoms with E-state index in [0.29, 0.717) is 54.7 Å². The second-order valence-electron chi connectivity index (χ2n) is 11.2. The summed E-state index contributed by atoms with van der Waals surface area (Å²) in [6.45, 7) is 6.17. The van der Waals surface area contributed by atoms with Gasteiger partial charge in [0.05, 0.1) is 24.3 Å². The van der Waals surface area contributed by atoms with Crippen molar-refractivity contribution < 1.29 is 40.7 Å². The van der Waals surface area contributed by atoms with Crippen molar-refractivity contribution in [2.75, 3.05) is 44.7 Å². The summed E-state index contributed by atoms with van der Waals surface area (Å²) in [6.07, 6.45) is -7.13. The fourth-order valence-corrected chi connectivity index (χ4v) is 6.27. The Morgan fingerprint density at radius 3 is 2.23 bits per heavy atom. The van der Waals surface area contributed by atoms with Crippen molar-refractivity contribution in [2.45, 2.75) is 61.3 Å². The summed E-state index contributed by atoms with van der Waals surface area (Å²) in [7, 11) is 0. The van der Waals surface area contributed by atoms with Crippen LogP contribution in [0.15, 0.2) is 52.3 Å². The molecule has 2 saturated heterocycles. The van der Waals surface area contributed by atoms with E-state index < -0.39 is 39.8 Å². The van der Waals surface area contributed by atoms with E-state index in [4.69, 9.17) is 4.74 Å². The van der Waals surface area contributed by atoms with Crippen LogP contribution < -0.4 is 5.32 Å². The van der Waals surface area contributed by atoms with Gasteiger partial charge in [0.15, 0.2) is 0 Å². The highest BCUT2D eigenvalue weighted by atomic mass is 32.2. The Labute approximate surface area is 256 Å². The highest BCUT2D eigenvalue weighted by Gasteiger charge is 2.46. The van der Waals surface area contributed by atoms with Gasteiger partial charge in [-0.05, 0) is 54.7 Å². The van der Waals surface area contributed by atoms with E-state index in [2.05, 4.69) is 5.32 Å². The zero-order valence-corrected chi connectivity index (χ0v) is 25.2. The third-order valence-corrected chi connectivity index (χ3v) is 8.41. The molecule has 13 heteroatoms. The molecule has 6 nitrogen and oxygen atoms in total. The van der Waals surface area contributed by atoms with Crippen LogP contribution in [0.4, 0.5) is 32.0 Å². The lowest BCUT2D eigenvalue weighted by molar-refractivity contribution is -0.163. The van der Waals surface area contributed by atoms with Gasteiger partial charge in [0, 0.05) is 60.2 Å². The molecule has 0 unspecified atom stereocenters. The van der Waals surface area contributed by atoms with Gasteiger partial charge < -0.3 is 19.9 Å². The summed E-state index contributed by atoms with van der Waals surface area (Å²) in [5.74, 6) is -0.229. The third-order valence-electron chi connectivity index (χ3n) is 7.36. The fourth-order valence-electron chi connectivity index (χ4n) is 5.22. The first-order valence-electron chi connectivity index (χ1n) is 14.4. The molecule has 240 valence electrons. The van der Waals surface area contributed by atoms with Gasteiger partial charge in [-0.3, -0.25) is 9.59 Å². The van der Waals surface area contributed by atoms with Gasteiger partial charge in [0.25, 0.3) is 0 Å². The topological polar surface area (TPSA) is 61.9 Å². The number of morpholine rings is 1. The molecule has 1 N–H and O–H groups in total. The van der Waals surface area contributed by atoms with Gasteiger partial charge in [0.2, 0.25) is 11.8 Å². The minimum Gasteiger partial charge on any atom is -0.382 e. The number of rotatable bonds is 8. The smallest absolute Gasteiger partial charge is 0.382 e. The quantitative estimate of drug-likeness (QED) is 0.244. The van der Waals surface area contributed by atoms with E-state index in [1.165, 1.54) is 11.0 Å². The number of piperidine rings is 1. The number of alkyl halides is 6. The number of amides is 2. The number of likely N-dealkylation sites (tertiary alicyclic amines) is 1. The van der Waals surface area contributed by atoms with Gasteiger partial charge in [0.1, 0.15) is 0 Å². The van der Waals surface area contributed by atoms with Crippen molar-refractivity contribution in [1.82, 2.24) is 9.80 Å². The predicted molar refractivity (Wildman–Crippen MR) is 156 cm³/mol. The number of anilines is 1. The van der Waals surface area contributed by atoms with E-state index in [-0.39, 0.29) is 44.2 Å². The Hall–Kier alpha value is -3.19. The molecule has 0 aromatic heterocycles. The summed E-state index contributed by atoms with van der Waals surface area (Å²) >= 11 is 0.587. The molecule has 0 atom stereocenters. The van der Waals surface area contributed by atoms with E-state index in [1.54, 1.807) is 18.2 Å². The van der Waals surface area contributed by atoms with Crippen molar-refractivity contribution in [3.05, 3.63) is 59.2 Å². The highest BCUT2D eigenvalue weighted by Crippen LogP contribution is 2.48. The zero-order chi connectivity index (χ0) is 32.1. The average molecular weight is 644 g/mol. The monoisotopic (exact) mass is 643 g/mol. The first kappa shape index (κ1) is 33.7. The first-order chi connectivity index (χ1) is 20.7. The molecule has 2 aliphatic heterocycles. The number of benzene rings is 2. The fraction of sp³-hybridized carbons (Fsp3) is 0.484. The van der Waals surface area contributed by atoms with Gasteiger partial charge >= 0.3 is 12.4 Å². The van der Waals surface area contributed by atoms with E-state index in [0.717, 1.165) is 24.3 Å². The number of halogens is 6. The van der Waals surface area contributed by atoms with Crippen molar-refractivity contribution in [2.24, 2.45) is 5.92 Å². The van der Waals surface area contributed by atoms with Crippen LogP contribution in [0, 0.1) is 5.92 Å². The van der Waals surface area contributed by atoms with Crippen LogP contribution in [-0.2, 0) is 26.7 Å². The number of carbonyl (C=O) groups is 2. The third kappa shape index (κ3) is 8.93. The van der Waals surface area contributed by atoms with E-state index in [1.807, 2.05) is 18.7 Å². The molecule has 0 saturated carbocycles. The van der Waals surface area contributed by atoms with Crippen LogP contribution in [0.2, 0.25) is 0 Å². The Morgan fingerprint density at radius 1 is 0.955 bits per heavy atom. The number of hydrogen-bond acceptors (Lipinski definition) is 5. The summed E-state index contributed by atoms with van der Waals surface area (Å²) in [5.41, 5.74) is -3.76. The van der Waals surface area contributed by atoms with Gasteiger partial charge in [-0.2, -0.15) is 26.3 Å². The van der Waals surface area contributed by atoms with Crippen LogP contribution in [0.5, 0.6) is 0 Å². The van der Waals surface area contributed by atoms with Crippen molar-refractivity contribution in [3.8, 4) is 0 Å². The van der Waals surface area contributed by atoms with Crippen LogP contribution in [-0.4, -0.2) is 67.0 Å². The number of nitrogens with one attached hydrogen (secondary N) is 1. The molecular formula is C31H35F6N3O3S. The molecule has 0 spiro atoms. The van der Waals surface area contributed by atoms with Crippen molar-refractivity contribution in [3.63, 3.8) is 0 Å². The summed E-state index contributed by atoms with van der Waals surface area (Å²) in [6, 6.07) is 8.50. The Morgan fingerprint density at radius 2 is 1.61 bits per heavy atom. The second kappa shape index (κ2) is 14.3. The Kier molecular flexibility index (Phi) is 10.9. The second-order valence-corrected chi connectivity index (χ2v) is 12.3. The molecule has 4 rings (SSSR count). The molecule has 44 heavy (non-hydrogen) atoms. The minimum absolute atomic E-state index is 0.0344. The lowest BCUT2D eigenvalue weighted by atomic mass is 9.99. The maximum Gasteiger partial charge on any atom is 0.418 e. The molecule has 2 amide bonds. The Bertz CT molecular complexity index is 1350. The number of ether oxygens (including phenoxy) is 1. The standard InChI is InChI=1S/C31H35F6N3O3S/c1-20(2)18-27(42)39-12-10-22(11-13-39)38-23-4-3-5-24(19-23)44-25-8-6-21(7-9-26(41)40-14-16-43-17-15-40)28(30(32,33)34)29(25)31(35,36)37/h3-9,19-20,22,38H,10-18H2,1-2H3. The maximum absolute atomic E-state index is 14.3. The highest BCUT2D eigenvalue weighted by molar-refractivity contribution is 7.99. The number of carbonyl (C=O) groups excluding carboxylic acids is 2. The lowest BCUT2D eigenvalue weighted by Gasteiger charge is -2.33. The van der Waals surface area contributed by atoms with Gasteiger partial charge in [-0.15, -0.1) is 0 Å². The lowest BCUT2D eigenvalue weighted by Crippen LogP contribution is -2.42. The molecule has 0 radical (unpaired) electrons. The molecule has 0 aliphatic carbocycles. The minimum atomic E-state index is -5.34. The molecule has 2 aliphatic rings. The normalized spacial score (nSPS) is 17.0. The van der Waals surface area contributed by atoms with Gasteiger partial charge in [-0.1, -0.05) is 37.7 Å². The molecule has 2 aromatic rings.